The highest BCUT2D eigenvalue weighted by Crippen LogP contribution is 2.40. The lowest BCUT2D eigenvalue weighted by Gasteiger charge is -2.23. The summed E-state index contributed by atoms with van der Waals surface area (Å²) in [4.78, 5) is 10.5. The second-order valence-corrected chi connectivity index (χ2v) is 10.1. The smallest absolute Gasteiger partial charge is 0.0950 e. The molecule has 0 saturated heterocycles. The van der Waals surface area contributed by atoms with Crippen LogP contribution in [0, 0.1) is 0 Å². The van der Waals surface area contributed by atoms with Gasteiger partial charge in [-0.25, -0.2) is 9.98 Å². The topological polar surface area (TPSA) is 49.3 Å². The predicted octanol–water partition coefficient (Wildman–Crippen LogP) is 5.38. The van der Waals surface area contributed by atoms with Gasteiger partial charge in [0.25, 0.3) is 0 Å². The minimum Gasteiger partial charge on any atom is -0.374 e. The number of para-hydroxylation sites is 1. The summed E-state index contributed by atoms with van der Waals surface area (Å²) in [6, 6.07) is 15.2. The summed E-state index contributed by atoms with van der Waals surface area (Å²) < 4.78 is 0. The summed E-state index contributed by atoms with van der Waals surface area (Å²) in [5, 5.41) is 10.9. The van der Waals surface area contributed by atoms with Crippen molar-refractivity contribution in [1.29, 1.82) is 0 Å². The van der Waals surface area contributed by atoms with Gasteiger partial charge in [-0.2, -0.15) is 0 Å². The Hall–Kier alpha value is -4.44. The normalized spacial score (nSPS) is 20.6. The molecule has 1 atom stereocenters. The van der Waals surface area contributed by atoms with Crippen LogP contribution in [0.1, 0.15) is 37.6 Å². The molecule has 0 saturated carbocycles. The highest BCUT2D eigenvalue weighted by atomic mass is 15.0. The maximum Gasteiger partial charge on any atom is 0.0950 e. The number of allylic oxidation sites excluding steroid dienone is 5. The van der Waals surface area contributed by atoms with Crippen LogP contribution in [0.3, 0.4) is 0 Å². The maximum atomic E-state index is 5.25. The summed E-state index contributed by atoms with van der Waals surface area (Å²) in [5.41, 5.74) is 14.8. The van der Waals surface area contributed by atoms with Crippen molar-refractivity contribution in [3.63, 3.8) is 0 Å². The third-order valence-electron chi connectivity index (χ3n) is 8.19. The van der Waals surface area contributed by atoms with Crippen molar-refractivity contribution >= 4 is 39.5 Å². The second-order valence-electron chi connectivity index (χ2n) is 10.1. The van der Waals surface area contributed by atoms with Crippen molar-refractivity contribution < 1.29 is 0 Å². The van der Waals surface area contributed by atoms with E-state index < -0.39 is 0 Å². The third kappa shape index (κ3) is 2.48. The first-order valence-corrected chi connectivity index (χ1v) is 12.5. The van der Waals surface area contributed by atoms with Crippen molar-refractivity contribution in [1.82, 2.24) is 10.3 Å². The van der Waals surface area contributed by atoms with Gasteiger partial charge in [-0.1, -0.05) is 60.7 Å². The van der Waals surface area contributed by atoms with Crippen LogP contribution in [-0.4, -0.2) is 11.0 Å². The maximum absolute atomic E-state index is 5.25. The number of anilines is 1. The van der Waals surface area contributed by atoms with Gasteiger partial charge in [0.15, 0.2) is 0 Å². The number of pyridine rings is 1. The van der Waals surface area contributed by atoms with E-state index in [0.717, 1.165) is 49.8 Å². The molecule has 5 heterocycles. The Bertz CT molecular complexity index is 1910. The molecule has 3 aromatic rings. The predicted molar refractivity (Wildman–Crippen MR) is 147 cm³/mol. The summed E-state index contributed by atoms with van der Waals surface area (Å²) in [6.07, 6.45) is 10.9. The molecule has 1 unspecified atom stereocenters. The Morgan fingerprint density at radius 2 is 1.75 bits per heavy atom. The number of hydrogen-bond acceptors (Lipinski definition) is 4. The Morgan fingerprint density at radius 3 is 2.67 bits per heavy atom. The lowest BCUT2D eigenvalue weighted by molar-refractivity contribution is 0.823. The fraction of sp³-hybridized carbons (Fsp3) is 0.125. The highest BCUT2D eigenvalue weighted by Gasteiger charge is 2.33. The summed E-state index contributed by atoms with van der Waals surface area (Å²) >= 11 is 0. The summed E-state index contributed by atoms with van der Waals surface area (Å²) in [5.74, 6) is 0. The Labute approximate surface area is 209 Å². The van der Waals surface area contributed by atoms with Gasteiger partial charge < -0.3 is 10.6 Å². The van der Waals surface area contributed by atoms with E-state index in [9.17, 15) is 0 Å². The van der Waals surface area contributed by atoms with Crippen LogP contribution in [-0.2, 0) is 0 Å². The van der Waals surface area contributed by atoms with Crippen molar-refractivity contribution in [2.24, 2.45) is 4.99 Å². The number of fused-ring (bicyclic) bond motifs is 5. The monoisotopic (exact) mass is 464 g/mol. The molecule has 8 rings (SSSR count). The Morgan fingerprint density at radius 1 is 0.861 bits per heavy atom. The van der Waals surface area contributed by atoms with E-state index in [4.69, 9.17) is 9.98 Å². The minimum absolute atomic E-state index is 0.0739. The number of rotatable bonds is 0. The highest BCUT2D eigenvalue weighted by molar-refractivity contribution is 6.02. The van der Waals surface area contributed by atoms with Crippen molar-refractivity contribution in [3.8, 4) is 0 Å². The molecule has 4 nitrogen and oxygen atoms in total. The van der Waals surface area contributed by atoms with Gasteiger partial charge in [0.1, 0.15) is 0 Å². The molecular weight excluding hydrogens is 440 g/mol. The molecule has 0 amide bonds. The molecule has 1 aliphatic carbocycles. The van der Waals surface area contributed by atoms with Crippen LogP contribution < -0.4 is 21.2 Å². The standard InChI is InChI=1S/C32H24N4/c1-16-21-6-4-8-23-25-14-12-19-10-11-20-13-15-26(34-30(20)29(19)33-25)24-9-5-7-22-17(2)28(36-32(22)24)18(3)27(16)35-31(21)23/h4-15,31,34-35H,1-3H3. The molecule has 0 radical (unpaired) electrons. The van der Waals surface area contributed by atoms with Crippen molar-refractivity contribution in [3.05, 3.63) is 122 Å². The number of hydrogen-bond donors (Lipinski definition) is 2. The molecule has 8 bridgehead atoms. The quantitative estimate of drug-likeness (QED) is 0.470. The third-order valence-corrected chi connectivity index (χ3v) is 8.19. The molecule has 5 aliphatic rings. The van der Waals surface area contributed by atoms with Crippen LogP contribution >= 0.6 is 0 Å². The SMILES string of the molecule is CC1=C2NC3C(=CC=CC3=C2C)c2ccc3ccc4c(c3n2)NC(=c2cccc3c2=NC1=C3C)C=C4. The first kappa shape index (κ1) is 19.8. The van der Waals surface area contributed by atoms with Crippen LogP contribution in [0.4, 0.5) is 5.69 Å². The molecular formula is C32H24N4. The lowest BCUT2D eigenvalue weighted by Crippen LogP contribution is -2.31. The molecule has 2 N–H and O–H groups in total. The fourth-order valence-corrected chi connectivity index (χ4v) is 6.26. The summed E-state index contributed by atoms with van der Waals surface area (Å²) in [7, 11) is 0. The average Bonchev–Trinajstić information content (AvgIpc) is 3.44. The Balaban J connectivity index is 1.53. The van der Waals surface area contributed by atoms with Gasteiger partial charge in [0.05, 0.1) is 34.0 Å². The number of aromatic nitrogens is 1. The first-order valence-electron chi connectivity index (χ1n) is 12.5. The van der Waals surface area contributed by atoms with Gasteiger partial charge >= 0.3 is 0 Å². The molecule has 172 valence electrons. The van der Waals surface area contributed by atoms with Gasteiger partial charge in [0, 0.05) is 38.7 Å². The van der Waals surface area contributed by atoms with Gasteiger partial charge in [-0.3, -0.25) is 0 Å². The van der Waals surface area contributed by atoms with Crippen LogP contribution in [0.15, 0.2) is 99.9 Å². The number of nitrogens with zero attached hydrogens (tertiary/aromatic N) is 2. The van der Waals surface area contributed by atoms with E-state index in [0.29, 0.717) is 0 Å². The van der Waals surface area contributed by atoms with E-state index in [2.05, 4.69) is 104 Å². The van der Waals surface area contributed by atoms with E-state index in [1.165, 1.54) is 39.1 Å². The van der Waals surface area contributed by atoms with E-state index >= 15 is 0 Å². The first-order chi connectivity index (χ1) is 17.6. The summed E-state index contributed by atoms with van der Waals surface area (Å²) in [6.45, 7) is 6.61. The molecule has 1 aromatic heterocycles. The average molecular weight is 465 g/mol. The van der Waals surface area contributed by atoms with Crippen molar-refractivity contribution in [2.75, 3.05) is 5.32 Å². The van der Waals surface area contributed by atoms with E-state index in [1.807, 2.05) is 0 Å². The van der Waals surface area contributed by atoms with Crippen LogP contribution in [0.25, 0.3) is 33.8 Å². The molecule has 4 aliphatic heterocycles. The van der Waals surface area contributed by atoms with Gasteiger partial charge in [-0.15, -0.1) is 0 Å². The largest absolute Gasteiger partial charge is 0.374 e. The fourth-order valence-electron chi connectivity index (χ4n) is 6.26. The molecule has 0 spiro atoms. The van der Waals surface area contributed by atoms with Gasteiger partial charge in [-0.05, 0) is 55.2 Å². The number of benzene rings is 2. The minimum atomic E-state index is 0.0739. The molecule has 0 fully saturated rings. The zero-order valence-corrected chi connectivity index (χ0v) is 20.4. The van der Waals surface area contributed by atoms with Gasteiger partial charge in [0.2, 0.25) is 0 Å². The lowest BCUT2D eigenvalue weighted by atomic mass is 9.91. The zero-order chi connectivity index (χ0) is 24.1. The number of nitrogens with one attached hydrogen (secondary N) is 2. The van der Waals surface area contributed by atoms with E-state index in [1.54, 1.807) is 0 Å². The molecule has 2 aromatic carbocycles. The Kier molecular flexibility index (Phi) is 3.76. The van der Waals surface area contributed by atoms with Crippen LogP contribution in [0.2, 0.25) is 0 Å². The van der Waals surface area contributed by atoms with Crippen molar-refractivity contribution in [2.45, 2.75) is 26.8 Å². The molecule has 36 heavy (non-hydrogen) atoms. The second kappa shape index (κ2) is 6.82. The molecule has 4 heteroatoms. The van der Waals surface area contributed by atoms with Crippen LogP contribution in [0.5, 0.6) is 0 Å². The van der Waals surface area contributed by atoms with E-state index in [-0.39, 0.29) is 6.04 Å². The zero-order valence-electron chi connectivity index (χ0n) is 20.4.